The first-order valence-corrected chi connectivity index (χ1v) is 11.5. The molecule has 0 saturated carbocycles. The van der Waals surface area contributed by atoms with Crippen molar-refractivity contribution in [3.8, 4) is 0 Å². The van der Waals surface area contributed by atoms with Crippen LogP contribution in [0.4, 0.5) is 10.1 Å². The first-order valence-electron chi connectivity index (χ1n) is 10.5. The third-order valence-electron chi connectivity index (χ3n) is 5.58. The molecule has 2 aromatic rings. The van der Waals surface area contributed by atoms with Gasteiger partial charge in [0.05, 0.1) is 11.5 Å². The number of nitrogens with zero attached hydrogens (tertiary/aromatic N) is 3. The zero-order chi connectivity index (χ0) is 22.0. The summed E-state index contributed by atoms with van der Waals surface area (Å²) >= 11 is 1.40. The van der Waals surface area contributed by atoms with Crippen molar-refractivity contribution in [1.82, 2.24) is 4.90 Å². The first-order chi connectivity index (χ1) is 14.8. The molecule has 4 rings (SSSR count). The van der Waals surface area contributed by atoms with Crippen molar-refractivity contribution in [1.29, 1.82) is 0 Å². The van der Waals surface area contributed by atoms with Crippen LogP contribution >= 0.6 is 11.8 Å². The van der Waals surface area contributed by atoms with Crippen LogP contribution in [0.2, 0.25) is 0 Å². The molecule has 2 aromatic carbocycles. The Labute approximate surface area is 186 Å². The molecule has 2 aliphatic heterocycles. The van der Waals surface area contributed by atoms with Crippen molar-refractivity contribution < 1.29 is 9.18 Å². The third-order valence-corrected chi connectivity index (χ3v) is 6.55. The summed E-state index contributed by atoms with van der Waals surface area (Å²) in [6, 6.07) is 12.3. The van der Waals surface area contributed by atoms with Crippen LogP contribution in [0.25, 0.3) is 0 Å². The van der Waals surface area contributed by atoms with Crippen LogP contribution in [0, 0.1) is 19.7 Å². The van der Waals surface area contributed by atoms with E-state index >= 15 is 0 Å². The number of thioether (sulfide) groups is 1. The van der Waals surface area contributed by atoms with E-state index in [9.17, 15) is 9.18 Å². The van der Waals surface area contributed by atoms with Gasteiger partial charge in [-0.1, -0.05) is 17.8 Å². The minimum absolute atomic E-state index is 0.0829. The topological polar surface area (TPSA) is 57.1 Å². The Morgan fingerprint density at radius 3 is 2.39 bits per heavy atom. The lowest BCUT2D eigenvalue weighted by Crippen LogP contribution is -2.39. The standard InChI is InChI=1S/C24H27FN4OS/c1-16-12-17(2)14-20(13-16)26-21(30)15-31-23-22(18-4-6-19(25)7-5-18)27-24(28-23)8-10-29(3)11-9-24/h4-7,12-14H,8-11,15H2,1-3H3,(H,26,30). The van der Waals surface area contributed by atoms with E-state index < -0.39 is 5.66 Å². The Kier molecular flexibility index (Phi) is 6.25. The van der Waals surface area contributed by atoms with Gasteiger partial charge in [0.15, 0.2) is 5.66 Å². The average molecular weight is 439 g/mol. The molecule has 0 bridgehead atoms. The number of anilines is 1. The predicted molar refractivity (Wildman–Crippen MR) is 127 cm³/mol. The molecule has 1 saturated heterocycles. The summed E-state index contributed by atoms with van der Waals surface area (Å²) in [5, 5.41) is 3.73. The summed E-state index contributed by atoms with van der Waals surface area (Å²) < 4.78 is 13.4. The van der Waals surface area contributed by atoms with E-state index in [1.807, 2.05) is 26.0 Å². The maximum absolute atomic E-state index is 13.4. The van der Waals surface area contributed by atoms with E-state index in [1.54, 1.807) is 12.1 Å². The molecule has 1 fully saturated rings. The lowest BCUT2D eigenvalue weighted by atomic mass is 9.99. The fourth-order valence-corrected chi connectivity index (χ4v) is 4.87. The number of nitrogens with one attached hydrogen (secondary N) is 1. The van der Waals surface area contributed by atoms with Gasteiger partial charge in [-0.2, -0.15) is 0 Å². The molecule has 162 valence electrons. The van der Waals surface area contributed by atoms with Crippen molar-refractivity contribution in [2.45, 2.75) is 32.4 Å². The maximum atomic E-state index is 13.4. The smallest absolute Gasteiger partial charge is 0.234 e. The van der Waals surface area contributed by atoms with Crippen LogP contribution < -0.4 is 5.32 Å². The van der Waals surface area contributed by atoms with E-state index in [2.05, 4.69) is 23.3 Å². The molecule has 1 N–H and O–H groups in total. The van der Waals surface area contributed by atoms with Crippen LogP contribution in [0.5, 0.6) is 0 Å². The zero-order valence-electron chi connectivity index (χ0n) is 18.1. The molecule has 0 unspecified atom stereocenters. The number of benzene rings is 2. The largest absolute Gasteiger partial charge is 0.325 e. The number of piperidine rings is 1. The Morgan fingerprint density at radius 1 is 1.10 bits per heavy atom. The summed E-state index contributed by atoms with van der Waals surface area (Å²) in [7, 11) is 2.10. The molecule has 0 aromatic heterocycles. The number of amides is 1. The summed E-state index contributed by atoms with van der Waals surface area (Å²) in [4.78, 5) is 24.8. The number of aliphatic imine (C=N–C) groups is 2. The van der Waals surface area contributed by atoms with E-state index in [4.69, 9.17) is 9.98 Å². The second-order valence-electron chi connectivity index (χ2n) is 8.38. The number of hydrogen-bond acceptors (Lipinski definition) is 5. The van der Waals surface area contributed by atoms with Gasteiger partial charge in [0, 0.05) is 37.2 Å². The van der Waals surface area contributed by atoms with Gasteiger partial charge >= 0.3 is 0 Å². The Hall–Kier alpha value is -2.51. The highest BCUT2D eigenvalue weighted by molar-refractivity contribution is 8.16. The maximum Gasteiger partial charge on any atom is 0.234 e. The molecule has 2 aliphatic rings. The highest BCUT2D eigenvalue weighted by Gasteiger charge is 2.39. The third kappa shape index (κ3) is 5.22. The Morgan fingerprint density at radius 2 is 1.74 bits per heavy atom. The van der Waals surface area contributed by atoms with Crippen LogP contribution in [-0.2, 0) is 4.79 Å². The summed E-state index contributed by atoms with van der Waals surface area (Å²) in [5.41, 5.74) is 4.14. The van der Waals surface area contributed by atoms with E-state index in [0.29, 0.717) is 0 Å². The summed E-state index contributed by atoms with van der Waals surface area (Å²) in [6.07, 6.45) is 1.68. The van der Waals surface area contributed by atoms with Gasteiger partial charge in [-0.25, -0.2) is 9.38 Å². The highest BCUT2D eigenvalue weighted by atomic mass is 32.2. The number of likely N-dealkylation sites (tertiary alicyclic amines) is 1. The molecule has 1 amide bonds. The van der Waals surface area contributed by atoms with Gasteiger partial charge in [0.25, 0.3) is 0 Å². The highest BCUT2D eigenvalue weighted by Crippen LogP contribution is 2.35. The normalized spacial score (nSPS) is 18.1. The van der Waals surface area contributed by atoms with Crippen LogP contribution in [0.15, 0.2) is 52.4 Å². The molecule has 0 radical (unpaired) electrons. The van der Waals surface area contributed by atoms with E-state index in [1.165, 1.54) is 23.9 Å². The van der Waals surface area contributed by atoms with Gasteiger partial charge < -0.3 is 10.2 Å². The van der Waals surface area contributed by atoms with Crippen LogP contribution in [0.3, 0.4) is 0 Å². The Bertz CT molecular complexity index is 1020. The fraction of sp³-hybridized carbons (Fsp3) is 0.375. The number of aryl methyl sites for hydroxylation is 2. The number of hydrogen-bond donors (Lipinski definition) is 1. The molecule has 5 nitrogen and oxygen atoms in total. The fourth-order valence-electron chi connectivity index (χ4n) is 4.00. The van der Waals surface area contributed by atoms with Gasteiger partial charge in [0.1, 0.15) is 10.9 Å². The number of carbonyl (C=O) groups is 1. The van der Waals surface area contributed by atoms with E-state index in [-0.39, 0.29) is 17.5 Å². The molecular weight excluding hydrogens is 411 g/mol. The van der Waals surface area contributed by atoms with Gasteiger partial charge in [0.2, 0.25) is 5.91 Å². The van der Waals surface area contributed by atoms with Crippen molar-refractivity contribution in [2.24, 2.45) is 9.98 Å². The number of carbonyl (C=O) groups excluding carboxylic acids is 1. The quantitative estimate of drug-likeness (QED) is 0.768. The average Bonchev–Trinajstić information content (AvgIpc) is 3.07. The molecule has 2 heterocycles. The minimum atomic E-state index is -0.470. The lowest BCUT2D eigenvalue weighted by Gasteiger charge is -2.33. The molecule has 31 heavy (non-hydrogen) atoms. The molecule has 0 atom stereocenters. The molecule has 1 spiro atoms. The minimum Gasteiger partial charge on any atom is -0.325 e. The second kappa shape index (κ2) is 8.93. The summed E-state index contributed by atoms with van der Waals surface area (Å²) in [6.45, 7) is 5.87. The SMILES string of the molecule is Cc1cc(C)cc(NC(=O)CSC2=NC3(CCN(C)CC3)N=C2c2ccc(F)cc2)c1. The van der Waals surface area contributed by atoms with Crippen LogP contribution in [-0.4, -0.2) is 53.1 Å². The van der Waals surface area contributed by atoms with Gasteiger partial charge in [-0.05, 0) is 68.4 Å². The molecule has 7 heteroatoms. The molecule has 0 aliphatic carbocycles. The second-order valence-corrected chi connectivity index (χ2v) is 9.35. The van der Waals surface area contributed by atoms with Crippen molar-refractivity contribution in [3.63, 3.8) is 0 Å². The van der Waals surface area contributed by atoms with Crippen molar-refractivity contribution in [3.05, 3.63) is 65.0 Å². The summed E-state index contributed by atoms with van der Waals surface area (Å²) in [5.74, 6) is -0.127. The monoisotopic (exact) mass is 438 g/mol. The number of halogens is 1. The van der Waals surface area contributed by atoms with Crippen molar-refractivity contribution >= 4 is 34.1 Å². The van der Waals surface area contributed by atoms with Gasteiger partial charge in [-0.15, -0.1) is 0 Å². The molecular formula is C24H27FN4OS. The number of rotatable bonds is 4. The zero-order valence-corrected chi connectivity index (χ0v) is 18.9. The predicted octanol–water partition coefficient (Wildman–Crippen LogP) is 4.44. The first kappa shape index (κ1) is 21.7. The van der Waals surface area contributed by atoms with Crippen molar-refractivity contribution in [2.75, 3.05) is 31.2 Å². The van der Waals surface area contributed by atoms with Gasteiger partial charge in [-0.3, -0.25) is 9.79 Å². The lowest BCUT2D eigenvalue weighted by molar-refractivity contribution is -0.113. The van der Waals surface area contributed by atoms with E-state index in [0.717, 1.165) is 59.1 Å². The van der Waals surface area contributed by atoms with Crippen LogP contribution in [0.1, 0.15) is 29.5 Å². The Balaban J connectivity index is 1.51.